The third kappa shape index (κ3) is 6.07. The minimum Gasteiger partial charge on any atom is -0.359 e. The van der Waals surface area contributed by atoms with Crippen LogP contribution in [-0.4, -0.2) is 26.0 Å². The highest BCUT2D eigenvalue weighted by Crippen LogP contribution is 2.04. The van der Waals surface area contributed by atoms with Gasteiger partial charge in [0.25, 0.3) is 0 Å². The summed E-state index contributed by atoms with van der Waals surface area (Å²) in [6, 6.07) is 0.351. The maximum absolute atomic E-state index is 11.2. The Labute approximate surface area is 92.6 Å². The average Bonchev–Trinajstić information content (AvgIpc) is 2.24. The molecule has 1 unspecified atom stereocenters. The van der Waals surface area contributed by atoms with Crippen LogP contribution < -0.4 is 10.6 Å². The van der Waals surface area contributed by atoms with Gasteiger partial charge in [0.1, 0.15) is 0 Å². The summed E-state index contributed by atoms with van der Waals surface area (Å²) in [4.78, 5) is 11.2. The van der Waals surface area contributed by atoms with Crippen molar-refractivity contribution in [2.24, 2.45) is 5.92 Å². The predicted octanol–water partition coefficient (Wildman–Crippen LogP) is 1.48. The van der Waals surface area contributed by atoms with Crippen molar-refractivity contribution < 1.29 is 4.79 Å². The monoisotopic (exact) mass is 210 g/mol. The Balaban J connectivity index is 4.31. The van der Waals surface area contributed by atoms with Gasteiger partial charge in [-0.25, -0.2) is 0 Å². The summed E-state index contributed by atoms with van der Waals surface area (Å²) in [7, 11) is 3.57. The molecule has 2 atom stereocenters. The zero-order valence-electron chi connectivity index (χ0n) is 10.3. The first-order valence-corrected chi connectivity index (χ1v) is 5.26. The third-order valence-electron chi connectivity index (χ3n) is 2.28. The topological polar surface area (TPSA) is 41.1 Å². The lowest BCUT2D eigenvalue weighted by atomic mass is 10.1. The molecule has 0 aromatic carbocycles. The molecule has 0 aliphatic rings. The third-order valence-corrected chi connectivity index (χ3v) is 2.28. The minimum atomic E-state index is -0.0791. The lowest BCUT2D eigenvalue weighted by molar-refractivity contribution is -0.122. The summed E-state index contributed by atoms with van der Waals surface area (Å²) in [5.41, 5.74) is 1.10. The molecule has 0 aromatic rings. The van der Waals surface area contributed by atoms with E-state index in [1.165, 1.54) is 0 Å². The van der Waals surface area contributed by atoms with Crippen molar-refractivity contribution in [1.82, 2.24) is 10.6 Å². The molecule has 0 fully saturated rings. The maximum atomic E-state index is 11.2. The first-order chi connectivity index (χ1) is 7.01. The Morgan fingerprint density at radius 2 is 1.87 bits per heavy atom. The number of hydrogen-bond acceptors (Lipinski definition) is 2. The molecule has 0 rings (SSSR count). The second kappa shape index (κ2) is 7.23. The van der Waals surface area contributed by atoms with Gasteiger partial charge >= 0.3 is 0 Å². The van der Waals surface area contributed by atoms with E-state index in [0.29, 0.717) is 6.04 Å². The molecule has 1 amide bonds. The number of likely N-dealkylation sites (N-methyl/N-ethyl adjacent to an activating group) is 1. The van der Waals surface area contributed by atoms with E-state index in [1.54, 1.807) is 7.05 Å². The molecule has 0 aliphatic carbocycles. The molecule has 0 saturated heterocycles. The lowest BCUT2D eigenvalue weighted by Gasteiger charge is -2.06. The second-order valence-electron chi connectivity index (χ2n) is 3.75. The lowest BCUT2D eigenvalue weighted by Crippen LogP contribution is -2.24. The van der Waals surface area contributed by atoms with Crippen LogP contribution >= 0.6 is 0 Å². The fourth-order valence-electron chi connectivity index (χ4n) is 1.15. The van der Waals surface area contributed by atoms with Crippen molar-refractivity contribution in [2.75, 3.05) is 14.1 Å². The van der Waals surface area contributed by atoms with E-state index in [2.05, 4.69) is 23.6 Å². The van der Waals surface area contributed by atoms with Crippen molar-refractivity contribution in [3.05, 3.63) is 23.8 Å². The molecule has 0 heterocycles. The molecule has 0 saturated carbocycles. The van der Waals surface area contributed by atoms with Crippen LogP contribution in [-0.2, 0) is 4.79 Å². The summed E-state index contributed by atoms with van der Waals surface area (Å²) < 4.78 is 0. The van der Waals surface area contributed by atoms with Crippen LogP contribution in [0.1, 0.15) is 20.8 Å². The molecule has 0 bridgehead atoms. The number of nitrogens with one attached hydrogen (secondary N) is 2. The van der Waals surface area contributed by atoms with E-state index in [-0.39, 0.29) is 11.8 Å². The van der Waals surface area contributed by atoms with Crippen molar-refractivity contribution in [2.45, 2.75) is 26.8 Å². The highest BCUT2D eigenvalue weighted by molar-refractivity contribution is 5.79. The molecule has 0 aliphatic heterocycles. The number of carbonyl (C=O) groups excluding carboxylic acids is 1. The van der Waals surface area contributed by atoms with E-state index in [0.717, 1.165) is 5.57 Å². The Kier molecular flexibility index (Phi) is 6.71. The van der Waals surface area contributed by atoms with Crippen LogP contribution in [0.4, 0.5) is 0 Å². The summed E-state index contributed by atoms with van der Waals surface area (Å²) in [6.07, 6.45) is 6.06. The molecule has 3 heteroatoms. The largest absolute Gasteiger partial charge is 0.359 e. The van der Waals surface area contributed by atoms with E-state index < -0.39 is 0 Å². The van der Waals surface area contributed by atoms with E-state index in [1.807, 2.05) is 33.0 Å². The van der Waals surface area contributed by atoms with Crippen LogP contribution in [0.25, 0.3) is 0 Å². The molecule has 0 radical (unpaired) electrons. The summed E-state index contributed by atoms with van der Waals surface area (Å²) in [5, 5.41) is 5.74. The number of rotatable bonds is 5. The Hall–Kier alpha value is -1.09. The Bertz CT molecular complexity index is 256. The fourth-order valence-corrected chi connectivity index (χ4v) is 1.15. The number of amides is 1. The molecule has 86 valence electrons. The summed E-state index contributed by atoms with van der Waals surface area (Å²) in [5.74, 6) is -0.0334. The summed E-state index contributed by atoms with van der Waals surface area (Å²) in [6.45, 7) is 5.96. The first kappa shape index (κ1) is 13.9. The smallest absolute Gasteiger partial charge is 0.226 e. The molecular formula is C12H22N2O. The predicted molar refractivity (Wildman–Crippen MR) is 64.6 cm³/mol. The number of carbonyl (C=O) groups is 1. The van der Waals surface area contributed by atoms with Gasteiger partial charge in [-0.05, 0) is 20.9 Å². The standard InChI is InChI=1S/C12H22N2O/c1-9(6-7-11(3)13-4)8-10(2)12(15)14-5/h6-8,10-11,13H,1-5H3,(H,14,15)/b7-6-,9-8-/t10-,11?/m1/s1. The highest BCUT2D eigenvalue weighted by Gasteiger charge is 2.06. The molecule has 3 nitrogen and oxygen atoms in total. The van der Waals surface area contributed by atoms with Gasteiger partial charge in [-0.15, -0.1) is 0 Å². The van der Waals surface area contributed by atoms with E-state index in [9.17, 15) is 4.79 Å². The Morgan fingerprint density at radius 1 is 1.27 bits per heavy atom. The van der Waals surface area contributed by atoms with Gasteiger partial charge in [-0.1, -0.05) is 30.7 Å². The molecule has 15 heavy (non-hydrogen) atoms. The van der Waals surface area contributed by atoms with Crippen molar-refractivity contribution in [1.29, 1.82) is 0 Å². The van der Waals surface area contributed by atoms with Crippen LogP contribution in [0.15, 0.2) is 23.8 Å². The van der Waals surface area contributed by atoms with Gasteiger partial charge in [0.2, 0.25) is 5.91 Å². The molecule has 0 aromatic heterocycles. The van der Waals surface area contributed by atoms with Crippen molar-refractivity contribution in [3.8, 4) is 0 Å². The quantitative estimate of drug-likeness (QED) is 0.675. The van der Waals surface area contributed by atoms with E-state index in [4.69, 9.17) is 0 Å². The molecular weight excluding hydrogens is 188 g/mol. The highest BCUT2D eigenvalue weighted by atomic mass is 16.1. The Morgan fingerprint density at radius 3 is 2.33 bits per heavy atom. The zero-order chi connectivity index (χ0) is 11.8. The second-order valence-corrected chi connectivity index (χ2v) is 3.75. The fraction of sp³-hybridized carbons (Fsp3) is 0.583. The maximum Gasteiger partial charge on any atom is 0.226 e. The van der Waals surface area contributed by atoms with Crippen molar-refractivity contribution in [3.63, 3.8) is 0 Å². The van der Waals surface area contributed by atoms with Gasteiger partial charge in [0.05, 0.1) is 5.92 Å². The molecule has 2 N–H and O–H groups in total. The van der Waals surface area contributed by atoms with Gasteiger partial charge in [0.15, 0.2) is 0 Å². The SMILES string of the molecule is CNC(=O)[C@H](C)/C=C(C)\C=C/C(C)NC. The normalized spacial score (nSPS) is 16.5. The van der Waals surface area contributed by atoms with E-state index >= 15 is 0 Å². The van der Waals surface area contributed by atoms with Crippen LogP contribution in [0.3, 0.4) is 0 Å². The van der Waals surface area contributed by atoms with Crippen LogP contribution in [0.5, 0.6) is 0 Å². The number of hydrogen-bond donors (Lipinski definition) is 2. The average molecular weight is 210 g/mol. The summed E-state index contributed by atoms with van der Waals surface area (Å²) >= 11 is 0. The zero-order valence-corrected chi connectivity index (χ0v) is 10.3. The van der Waals surface area contributed by atoms with Gasteiger partial charge in [-0.2, -0.15) is 0 Å². The molecule has 0 spiro atoms. The first-order valence-electron chi connectivity index (χ1n) is 5.26. The number of allylic oxidation sites excluding steroid dienone is 2. The minimum absolute atomic E-state index is 0.0458. The van der Waals surface area contributed by atoms with Crippen LogP contribution in [0, 0.1) is 5.92 Å². The van der Waals surface area contributed by atoms with Crippen LogP contribution in [0.2, 0.25) is 0 Å². The van der Waals surface area contributed by atoms with Gasteiger partial charge in [-0.3, -0.25) is 4.79 Å². The van der Waals surface area contributed by atoms with Crippen molar-refractivity contribution >= 4 is 5.91 Å². The van der Waals surface area contributed by atoms with Gasteiger partial charge < -0.3 is 10.6 Å². The van der Waals surface area contributed by atoms with Gasteiger partial charge in [0, 0.05) is 13.1 Å².